The fraction of sp³-hybridized carbons (Fsp3) is 0.150. The molecule has 2 N–H and O–H groups in total. The number of hydrogen-bond acceptors (Lipinski definition) is 5. The lowest BCUT2D eigenvalue weighted by Crippen LogP contribution is -2.32. The van der Waals surface area contributed by atoms with Gasteiger partial charge in [0.2, 0.25) is 5.88 Å². The average molecular weight is 382 g/mol. The molecule has 0 unspecified atom stereocenters. The molecule has 0 amide bonds. The third-order valence-corrected chi connectivity index (χ3v) is 4.17. The first-order valence-electron chi connectivity index (χ1n) is 8.47. The molecule has 0 atom stereocenters. The van der Waals surface area contributed by atoms with E-state index in [4.69, 9.17) is 0 Å². The largest absolute Gasteiger partial charge is 0.494 e. The Balaban J connectivity index is 1.93. The molecule has 0 saturated heterocycles. The van der Waals surface area contributed by atoms with Gasteiger partial charge in [-0.3, -0.25) is 19.3 Å². The van der Waals surface area contributed by atoms with Crippen LogP contribution in [-0.4, -0.2) is 35.0 Å². The van der Waals surface area contributed by atoms with Gasteiger partial charge in [0.05, 0.1) is 12.2 Å². The molecule has 0 saturated carbocycles. The van der Waals surface area contributed by atoms with Crippen LogP contribution in [0.3, 0.4) is 0 Å². The summed E-state index contributed by atoms with van der Waals surface area (Å²) in [5, 5.41) is 10.4. The summed E-state index contributed by atoms with van der Waals surface area (Å²) in [4.78, 5) is 32.5. The zero-order valence-electron chi connectivity index (χ0n) is 15.4. The zero-order chi connectivity index (χ0) is 20.3. The molecule has 7 nitrogen and oxygen atoms in total. The molecule has 8 heteroatoms. The van der Waals surface area contributed by atoms with Crippen LogP contribution in [0, 0.1) is 5.82 Å². The van der Waals surface area contributed by atoms with Crippen LogP contribution < -0.4 is 16.1 Å². The predicted molar refractivity (Wildman–Crippen MR) is 107 cm³/mol. The number of halogens is 1. The van der Waals surface area contributed by atoms with E-state index >= 15 is 0 Å². The SMILES string of the molecule is CN(C)c1ccc(N=Cc2c(O)n(Cc3ccc(F)cc3)c(=O)[nH]c2=O)cc1. The molecule has 0 aliphatic carbocycles. The number of nitrogens with one attached hydrogen (secondary N) is 1. The van der Waals surface area contributed by atoms with E-state index in [0.717, 1.165) is 10.3 Å². The summed E-state index contributed by atoms with van der Waals surface area (Å²) in [6.07, 6.45) is 1.21. The lowest BCUT2D eigenvalue weighted by molar-refractivity contribution is 0.408. The third kappa shape index (κ3) is 4.17. The fourth-order valence-electron chi connectivity index (χ4n) is 2.59. The van der Waals surface area contributed by atoms with Gasteiger partial charge < -0.3 is 10.0 Å². The highest BCUT2D eigenvalue weighted by Gasteiger charge is 2.13. The maximum Gasteiger partial charge on any atom is 0.331 e. The normalized spacial score (nSPS) is 11.1. The van der Waals surface area contributed by atoms with Crippen molar-refractivity contribution in [1.82, 2.24) is 9.55 Å². The molecule has 144 valence electrons. The van der Waals surface area contributed by atoms with E-state index in [-0.39, 0.29) is 12.1 Å². The Bertz CT molecular complexity index is 1110. The number of benzene rings is 2. The van der Waals surface area contributed by atoms with Crippen molar-refractivity contribution in [3.63, 3.8) is 0 Å². The van der Waals surface area contributed by atoms with Crippen molar-refractivity contribution in [2.75, 3.05) is 19.0 Å². The van der Waals surface area contributed by atoms with E-state index < -0.39 is 22.9 Å². The van der Waals surface area contributed by atoms with Crippen LogP contribution in [0.1, 0.15) is 11.1 Å². The van der Waals surface area contributed by atoms with Crippen LogP contribution >= 0.6 is 0 Å². The lowest BCUT2D eigenvalue weighted by Gasteiger charge is -2.11. The van der Waals surface area contributed by atoms with E-state index in [1.165, 1.54) is 30.5 Å². The van der Waals surface area contributed by atoms with Crippen molar-refractivity contribution in [2.45, 2.75) is 6.54 Å². The van der Waals surface area contributed by atoms with Crippen LogP contribution in [0.15, 0.2) is 63.1 Å². The first-order chi connectivity index (χ1) is 13.3. The van der Waals surface area contributed by atoms with Crippen LogP contribution in [0.5, 0.6) is 5.88 Å². The Kier molecular flexibility index (Phi) is 5.39. The number of hydrogen-bond donors (Lipinski definition) is 2. The lowest BCUT2D eigenvalue weighted by atomic mass is 10.2. The summed E-state index contributed by atoms with van der Waals surface area (Å²) in [6, 6.07) is 12.8. The van der Waals surface area contributed by atoms with Gasteiger partial charge in [0.15, 0.2) is 0 Å². The van der Waals surface area contributed by atoms with Crippen molar-refractivity contribution in [1.29, 1.82) is 0 Å². The number of aromatic nitrogens is 2. The summed E-state index contributed by atoms with van der Waals surface area (Å²) >= 11 is 0. The van der Waals surface area contributed by atoms with E-state index in [0.29, 0.717) is 11.3 Å². The van der Waals surface area contributed by atoms with Gasteiger partial charge in [0.25, 0.3) is 5.56 Å². The van der Waals surface area contributed by atoms with Gasteiger partial charge in [-0.15, -0.1) is 0 Å². The van der Waals surface area contributed by atoms with Gasteiger partial charge in [-0.2, -0.15) is 0 Å². The molecular formula is C20H19FN4O3. The molecular weight excluding hydrogens is 363 g/mol. The Morgan fingerprint density at radius 1 is 1.11 bits per heavy atom. The molecule has 0 radical (unpaired) electrons. The number of aliphatic imine (C=N–C) groups is 1. The second-order valence-electron chi connectivity index (χ2n) is 6.38. The minimum atomic E-state index is -0.765. The summed E-state index contributed by atoms with van der Waals surface area (Å²) < 4.78 is 14.0. The highest BCUT2D eigenvalue weighted by atomic mass is 19.1. The summed E-state index contributed by atoms with van der Waals surface area (Å²) in [6.45, 7) is -0.0277. The van der Waals surface area contributed by atoms with E-state index in [1.54, 1.807) is 12.1 Å². The number of aromatic amines is 1. The molecule has 3 aromatic rings. The van der Waals surface area contributed by atoms with Crippen molar-refractivity contribution in [3.8, 4) is 5.88 Å². The standard InChI is InChI=1S/C20H19FN4O3/c1-24(2)16-9-7-15(8-10-16)22-11-17-18(26)23-20(28)25(19(17)27)12-13-3-5-14(21)6-4-13/h3-11,27H,12H2,1-2H3,(H,23,26,28). The van der Waals surface area contributed by atoms with Crippen molar-refractivity contribution in [3.05, 3.63) is 86.3 Å². The fourth-order valence-corrected chi connectivity index (χ4v) is 2.59. The van der Waals surface area contributed by atoms with Gasteiger partial charge in [0.1, 0.15) is 11.4 Å². The van der Waals surface area contributed by atoms with Gasteiger partial charge >= 0.3 is 5.69 Å². The van der Waals surface area contributed by atoms with Crippen molar-refractivity contribution in [2.24, 2.45) is 4.99 Å². The van der Waals surface area contributed by atoms with Crippen LogP contribution in [0.4, 0.5) is 15.8 Å². The molecule has 0 fully saturated rings. The number of nitrogens with zero attached hydrogens (tertiary/aromatic N) is 3. The Morgan fingerprint density at radius 2 is 1.75 bits per heavy atom. The van der Waals surface area contributed by atoms with E-state index in [2.05, 4.69) is 9.98 Å². The van der Waals surface area contributed by atoms with Crippen molar-refractivity contribution >= 4 is 17.6 Å². The van der Waals surface area contributed by atoms with Crippen molar-refractivity contribution < 1.29 is 9.50 Å². The van der Waals surface area contributed by atoms with Crippen LogP contribution in [0.2, 0.25) is 0 Å². The highest BCUT2D eigenvalue weighted by Crippen LogP contribution is 2.19. The average Bonchev–Trinajstić information content (AvgIpc) is 2.66. The number of H-pyrrole nitrogens is 1. The Hall–Kier alpha value is -3.68. The van der Waals surface area contributed by atoms with Crippen LogP contribution in [0.25, 0.3) is 0 Å². The second-order valence-corrected chi connectivity index (χ2v) is 6.38. The maximum absolute atomic E-state index is 13.0. The summed E-state index contributed by atoms with van der Waals surface area (Å²) in [5.74, 6) is -0.915. The van der Waals surface area contributed by atoms with E-state index in [9.17, 15) is 19.1 Å². The minimum Gasteiger partial charge on any atom is -0.494 e. The quantitative estimate of drug-likeness (QED) is 0.662. The maximum atomic E-state index is 13.0. The molecule has 0 bridgehead atoms. The molecule has 0 aliphatic heterocycles. The predicted octanol–water partition coefficient (Wildman–Crippen LogP) is 2.25. The molecule has 2 aromatic carbocycles. The summed E-state index contributed by atoms with van der Waals surface area (Å²) in [7, 11) is 3.83. The Morgan fingerprint density at radius 3 is 2.36 bits per heavy atom. The van der Waals surface area contributed by atoms with Crippen LogP contribution in [-0.2, 0) is 6.54 Å². The topological polar surface area (TPSA) is 90.7 Å². The molecule has 28 heavy (non-hydrogen) atoms. The summed E-state index contributed by atoms with van der Waals surface area (Å²) in [5.41, 5.74) is 0.519. The molecule has 1 aromatic heterocycles. The molecule has 0 spiro atoms. The smallest absolute Gasteiger partial charge is 0.331 e. The first kappa shape index (κ1) is 19.1. The molecule has 1 heterocycles. The van der Waals surface area contributed by atoms with Gasteiger partial charge in [-0.05, 0) is 42.0 Å². The van der Waals surface area contributed by atoms with Gasteiger partial charge in [-0.25, -0.2) is 9.18 Å². The van der Waals surface area contributed by atoms with Gasteiger partial charge in [-0.1, -0.05) is 12.1 Å². The zero-order valence-corrected chi connectivity index (χ0v) is 15.4. The molecule has 0 aliphatic rings. The number of aromatic hydroxyl groups is 1. The second kappa shape index (κ2) is 7.91. The Labute approximate surface area is 160 Å². The first-order valence-corrected chi connectivity index (χ1v) is 8.47. The number of rotatable bonds is 5. The third-order valence-electron chi connectivity index (χ3n) is 4.17. The highest BCUT2D eigenvalue weighted by molar-refractivity contribution is 5.84. The monoisotopic (exact) mass is 382 g/mol. The molecule has 3 rings (SSSR count). The van der Waals surface area contributed by atoms with E-state index in [1.807, 2.05) is 31.1 Å². The van der Waals surface area contributed by atoms with Gasteiger partial charge in [0, 0.05) is 26.0 Å². The minimum absolute atomic E-state index is 0.0277. The number of anilines is 1.